The van der Waals surface area contributed by atoms with Crippen molar-refractivity contribution in [1.82, 2.24) is 0 Å². The van der Waals surface area contributed by atoms with Gasteiger partial charge in [-0.2, -0.15) is 0 Å². The molecule has 0 atom stereocenters. The first-order valence-corrected chi connectivity index (χ1v) is 15.7. The summed E-state index contributed by atoms with van der Waals surface area (Å²) in [5.41, 5.74) is 1.18. The third kappa shape index (κ3) is 19.8. The lowest BCUT2D eigenvalue weighted by molar-refractivity contribution is -0.134. The highest BCUT2D eigenvalue weighted by molar-refractivity contribution is 5.72. The van der Waals surface area contributed by atoms with Gasteiger partial charge in [0.05, 0.1) is 0 Å². The van der Waals surface area contributed by atoms with Crippen LogP contribution in [0.5, 0.6) is 5.75 Å². The van der Waals surface area contributed by atoms with Crippen LogP contribution in [0.4, 0.5) is 0 Å². The van der Waals surface area contributed by atoms with Crippen LogP contribution in [0.25, 0.3) is 0 Å². The van der Waals surface area contributed by atoms with Gasteiger partial charge in [0.25, 0.3) is 0 Å². The Bertz CT molecular complexity index is 613. The van der Waals surface area contributed by atoms with E-state index in [-0.39, 0.29) is 5.97 Å². The Labute approximate surface area is 223 Å². The minimum absolute atomic E-state index is 0.0737. The molecule has 0 saturated heterocycles. The molecule has 0 bridgehead atoms. The summed E-state index contributed by atoms with van der Waals surface area (Å²) in [6.45, 7) is 2.61. The largest absolute Gasteiger partial charge is 0.426 e. The van der Waals surface area contributed by atoms with Gasteiger partial charge in [-0.1, -0.05) is 147 Å². The maximum Gasteiger partial charge on any atom is 0.311 e. The molecule has 1 aromatic rings. The van der Waals surface area contributed by atoms with E-state index in [4.69, 9.17) is 9.84 Å². The van der Waals surface area contributed by atoms with E-state index in [1.807, 2.05) is 12.1 Å². The normalized spacial score (nSPS) is 11.2. The molecule has 0 saturated carbocycles. The molecular formula is C33H58O3. The van der Waals surface area contributed by atoms with Gasteiger partial charge in [-0.3, -0.25) is 4.79 Å². The van der Waals surface area contributed by atoms with Crippen molar-refractivity contribution in [3.05, 3.63) is 29.8 Å². The number of hydrogen-bond acceptors (Lipinski definition) is 3. The minimum atomic E-state index is -0.0737. The molecule has 0 fully saturated rings. The van der Waals surface area contributed by atoms with Crippen molar-refractivity contribution in [3.63, 3.8) is 0 Å². The Kier molecular flexibility index (Phi) is 23.0. The first-order chi connectivity index (χ1) is 17.8. The summed E-state index contributed by atoms with van der Waals surface area (Å²) in [6.07, 6.45) is 29.6. The number of aryl methyl sites for hydroxylation is 1. The van der Waals surface area contributed by atoms with Crippen LogP contribution in [0.3, 0.4) is 0 Å². The molecule has 0 amide bonds. The number of aliphatic hydroxyl groups excluding tert-OH is 1. The lowest BCUT2D eigenvalue weighted by Crippen LogP contribution is -2.09. The molecule has 0 unspecified atom stereocenters. The van der Waals surface area contributed by atoms with Crippen molar-refractivity contribution in [2.45, 2.75) is 161 Å². The Morgan fingerprint density at radius 3 is 1.58 bits per heavy atom. The molecule has 36 heavy (non-hydrogen) atoms. The SMILES string of the molecule is CCCCCCCCCc1ccccc1OC(=O)CCCCCCCCCCCCCCCCCO. The third-order valence-electron chi connectivity index (χ3n) is 7.29. The Balaban J connectivity index is 1.97. The number of carbonyl (C=O) groups excluding carboxylic acids is 1. The standard InChI is InChI=1S/C33H58O3/c1-2-3-4-5-15-18-21-26-31-27-23-24-28-32(31)36-33(35)29-22-19-16-13-11-9-7-6-8-10-12-14-17-20-25-30-34/h23-24,27-28,34H,2-22,25-26,29-30H2,1H3. The molecule has 0 radical (unpaired) electrons. The van der Waals surface area contributed by atoms with Gasteiger partial charge in [0.1, 0.15) is 5.75 Å². The number of aliphatic hydroxyl groups is 1. The van der Waals surface area contributed by atoms with Gasteiger partial charge >= 0.3 is 5.97 Å². The first kappa shape index (κ1) is 32.7. The molecule has 1 rings (SSSR count). The van der Waals surface area contributed by atoms with Gasteiger partial charge in [-0.15, -0.1) is 0 Å². The molecule has 1 aromatic carbocycles. The molecule has 3 heteroatoms. The van der Waals surface area contributed by atoms with E-state index < -0.39 is 0 Å². The number of ether oxygens (including phenoxy) is 1. The second kappa shape index (κ2) is 25.3. The molecule has 0 spiro atoms. The van der Waals surface area contributed by atoms with E-state index in [2.05, 4.69) is 19.1 Å². The Morgan fingerprint density at radius 1 is 0.611 bits per heavy atom. The zero-order valence-electron chi connectivity index (χ0n) is 23.8. The molecule has 0 aliphatic rings. The number of esters is 1. The van der Waals surface area contributed by atoms with E-state index in [0.717, 1.165) is 31.4 Å². The van der Waals surface area contributed by atoms with Gasteiger partial charge in [0.2, 0.25) is 0 Å². The second-order valence-electron chi connectivity index (χ2n) is 10.7. The first-order valence-electron chi connectivity index (χ1n) is 15.7. The predicted octanol–water partition coefficient (Wildman–Crippen LogP) is 10.1. The third-order valence-corrected chi connectivity index (χ3v) is 7.29. The number of rotatable bonds is 26. The van der Waals surface area contributed by atoms with Crippen LogP contribution in [0, 0.1) is 0 Å². The molecule has 3 nitrogen and oxygen atoms in total. The van der Waals surface area contributed by atoms with E-state index in [1.54, 1.807) is 0 Å². The predicted molar refractivity (Wildman–Crippen MR) is 155 cm³/mol. The van der Waals surface area contributed by atoms with Crippen molar-refractivity contribution >= 4 is 5.97 Å². The van der Waals surface area contributed by atoms with Gasteiger partial charge in [-0.05, 0) is 37.3 Å². The fourth-order valence-corrected chi connectivity index (χ4v) is 4.94. The average Bonchev–Trinajstić information content (AvgIpc) is 2.89. The summed E-state index contributed by atoms with van der Waals surface area (Å²) in [5.74, 6) is 0.700. The second-order valence-corrected chi connectivity index (χ2v) is 10.7. The van der Waals surface area contributed by atoms with Crippen LogP contribution in [0.15, 0.2) is 24.3 Å². The van der Waals surface area contributed by atoms with E-state index in [9.17, 15) is 4.79 Å². The molecule has 0 aliphatic heterocycles. The zero-order chi connectivity index (χ0) is 25.9. The number of unbranched alkanes of at least 4 members (excludes halogenated alkanes) is 20. The number of benzene rings is 1. The van der Waals surface area contributed by atoms with Crippen LogP contribution in [0.1, 0.15) is 160 Å². The van der Waals surface area contributed by atoms with E-state index >= 15 is 0 Å². The minimum Gasteiger partial charge on any atom is -0.426 e. The Morgan fingerprint density at radius 2 is 1.06 bits per heavy atom. The molecule has 208 valence electrons. The van der Waals surface area contributed by atoms with Gasteiger partial charge in [-0.25, -0.2) is 0 Å². The van der Waals surface area contributed by atoms with Crippen molar-refractivity contribution in [2.75, 3.05) is 6.61 Å². The summed E-state index contributed by atoms with van der Waals surface area (Å²) >= 11 is 0. The molecule has 0 heterocycles. The van der Waals surface area contributed by atoms with Crippen molar-refractivity contribution in [2.24, 2.45) is 0 Å². The molecule has 0 aliphatic carbocycles. The summed E-state index contributed by atoms with van der Waals surface area (Å²) in [5, 5.41) is 8.78. The van der Waals surface area contributed by atoms with E-state index in [1.165, 1.54) is 128 Å². The smallest absolute Gasteiger partial charge is 0.311 e. The average molecular weight is 503 g/mol. The zero-order valence-corrected chi connectivity index (χ0v) is 23.8. The van der Waals surface area contributed by atoms with Crippen molar-refractivity contribution < 1.29 is 14.6 Å². The lowest BCUT2D eigenvalue weighted by Gasteiger charge is -2.10. The molecule has 1 N–H and O–H groups in total. The summed E-state index contributed by atoms with van der Waals surface area (Å²) in [7, 11) is 0. The van der Waals surface area contributed by atoms with Crippen molar-refractivity contribution in [1.29, 1.82) is 0 Å². The lowest BCUT2D eigenvalue weighted by atomic mass is 10.0. The maximum atomic E-state index is 12.4. The summed E-state index contributed by atoms with van der Waals surface area (Å²) < 4.78 is 5.73. The summed E-state index contributed by atoms with van der Waals surface area (Å²) in [6, 6.07) is 8.09. The van der Waals surface area contributed by atoms with Crippen LogP contribution < -0.4 is 4.74 Å². The highest BCUT2D eigenvalue weighted by Gasteiger charge is 2.09. The summed E-state index contributed by atoms with van der Waals surface area (Å²) in [4.78, 5) is 12.4. The molecule has 0 aromatic heterocycles. The highest BCUT2D eigenvalue weighted by Crippen LogP contribution is 2.22. The van der Waals surface area contributed by atoms with Gasteiger partial charge < -0.3 is 9.84 Å². The van der Waals surface area contributed by atoms with E-state index in [0.29, 0.717) is 13.0 Å². The maximum absolute atomic E-state index is 12.4. The number of para-hydroxylation sites is 1. The fourth-order valence-electron chi connectivity index (χ4n) is 4.94. The highest BCUT2D eigenvalue weighted by atomic mass is 16.5. The Hall–Kier alpha value is -1.35. The van der Waals surface area contributed by atoms with Gasteiger partial charge in [0, 0.05) is 13.0 Å². The quantitative estimate of drug-likeness (QED) is 0.0778. The van der Waals surface area contributed by atoms with Gasteiger partial charge in [0.15, 0.2) is 0 Å². The van der Waals surface area contributed by atoms with Crippen LogP contribution in [-0.4, -0.2) is 17.7 Å². The van der Waals surface area contributed by atoms with Crippen LogP contribution in [-0.2, 0) is 11.2 Å². The van der Waals surface area contributed by atoms with Crippen LogP contribution in [0.2, 0.25) is 0 Å². The number of carbonyl (C=O) groups is 1. The fraction of sp³-hybridized carbons (Fsp3) is 0.788. The monoisotopic (exact) mass is 502 g/mol. The molecular weight excluding hydrogens is 444 g/mol. The number of hydrogen-bond donors (Lipinski definition) is 1. The topological polar surface area (TPSA) is 46.5 Å². The van der Waals surface area contributed by atoms with Crippen molar-refractivity contribution in [3.8, 4) is 5.75 Å². The van der Waals surface area contributed by atoms with Crippen LogP contribution >= 0.6 is 0 Å².